The first-order valence-electron chi connectivity index (χ1n) is 12.7. The van der Waals surface area contributed by atoms with Crippen LogP contribution in [-0.2, 0) is 0 Å². The molecule has 1 heteroatoms. The molecule has 0 saturated carbocycles. The lowest BCUT2D eigenvalue weighted by atomic mass is 10.1. The number of ether oxygens (including phenoxy) is 1. The molecule has 0 amide bonds. The van der Waals surface area contributed by atoms with E-state index in [9.17, 15) is 0 Å². The molecule has 0 atom stereocenters. The molecular formula is C31H40O. The molecule has 2 rings (SSSR count). The van der Waals surface area contributed by atoms with Gasteiger partial charge in [-0.2, -0.15) is 0 Å². The Balaban J connectivity index is 1.71. The van der Waals surface area contributed by atoms with Crippen molar-refractivity contribution in [3.05, 3.63) is 65.2 Å². The average molecular weight is 429 g/mol. The van der Waals surface area contributed by atoms with E-state index >= 15 is 0 Å². The lowest BCUT2D eigenvalue weighted by Crippen LogP contribution is -1.97. The van der Waals surface area contributed by atoms with Gasteiger partial charge in [0.15, 0.2) is 0 Å². The molecule has 0 aliphatic rings. The number of hydrogen-bond donors (Lipinski definition) is 0. The predicted molar refractivity (Wildman–Crippen MR) is 138 cm³/mol. The first-order valence-corrected chi connectivity index (χ1v) is 12.7. The van der Waals surface area contributed by atoms with Crippen LogP contribution in [0.5, 0.6) is 5.75 Å². The third kappa shape index (κ3) is 11.7. The highest BCUT2D eigenvalue weighted by molar-refractivity contribution is 5.46. The summed E-state index contributed by atoms with van der Waals surface area (Å²) in [5.74, 6) is 14.0. The summed E-state index contributed by atoms with van der Waals surface area (Å²) >= 11 is 0. The monoisotopic (exact) mass is 428 g/mol. The molecule has 0 heterocycles. The summed E-state index contributed by atoms with van der Waals surface area (Å²) in [6, 6.07) is 16.3. The molecule has 0 saturated heterocycles. The van der Waals surface area contributed by atoms with Gasteiger partial charge in [0, 0.05) is 23.1 Å². The summed E-state index contributed by atoms with van der Waals surface area (Å²) in [6.07, 6.45) is 15.2. The fourth-order valence-electron chi connectivity index (χ4n) is 3.47. The maximum Gasteiger partial charge on any atom is 0.119 e. The largest absolute Gasteiger partial charge is 0.494 e. The maximum absolute atomic E-state index is 5.85. The zero-order valence-electron chi connectivity index (χ0n) is 20.2. The SMILES string of the molecule is CCCCCCCC#Cc1ccc(C#Cc2ccc(OCCCCCCCC)cc2)cc1. The van der Waals surface area contributed by atoms with Crippen molar-refractivity contribution in [1.29, 1.82) is 0 Å². The van der Waals surface area contributed by atoms with Gasteiger partial charge in [0.1, 0.15) is 5.75 Å². The highest BCUT2D eigenvalue weighted by Crippen LogP contribution is 2.13. The van der Waals surface area contributed by atoms with Crippen molar-refractivity contribution >= 4 is 0 Å². The third-order valence-electron chi connectivity index (χ3n) is 5.50. The van der Waals surface area contributed by atoms with Gasteiger partial charge in [-0.3, -0.25) is 0 Å². The smallest absolute Gasteiger partial charge is 0.119 e. The first kappa shape index (κ1) is 25.6. The van der Waals surface area contributed by atoms with Gasteiger partial charge in [0.05, 0.1) is 6.61 Å². The Bertz CT molecular complexity index is 853. The minimum Gasteiger partial charge on any atom is -0.494 e. The average Bonchev–Trinajstić information content (AvgIpc) is 2.83. The Morgan fingerprint density at radius 1 is 0.531 bits per heavy atom. The van der Waals surface area contributed by atoms with Crippen LogP contribution in [0.15, 0.2) is 48.5 Å². The molecule has 0 radical (unpaired) electrons. The Hall–Kier alpha value is -2.64. The summed E-state index contributed by atoms with van der Waals surface area (Å²) in [6.45, 7) is 5.29. The fraction of sp³-hybridized carbons (Fsp3) is 0.484. The van der Waals surface area contributed by atoms with Gasteiger partial charge in [0.2, 0.25) is 0 Å². The lowest BCUT2D eigenvalue weighted by molar-refractivity contribution is 0.304. The van der Waals surface area contributed by atoms with Crippen LogP contribution in [0.4, 0.5) is 0 Å². The van der Waals surface area contributed by atoms with Gasteiger partial charge in [0.25, 0.3) is 0 Å². The summed E-state index contributed by atoms with van der Waals surface area (Å²) in [7, 11) is 0. The minimum absolute atomic E-state index is 0.797. The molecule has 0 aliphatic carbocycles. The van der Waals surface area contributed by atoms with Crippen molar-refractivity contribution < 1.29 is 4.74 Å². The van der Waals surface area contributed by atoms with Crippen LogP contribution in [0, 0.1) is 23.7 Å². The van der Waals surface area contributed by atoms with E-state index in [-0.39, 0.29) is 0 Å². The van der Waals surface area contributed by atoms with E-state index in [0.29, 0.717) is 0 Å². The van der Waals surface area contributed by atoms with E-state index in [2.05, 4.69) is 61.8 Å². The highest BCUT2D eigenvalue weighted by atomic mass is 16.5. The van der Waals surface area contributed by atoms with E-state index in [0.717, 1.165) is 41.9 Å². The van der Waals surface area contributed by atoms with Crippen molar-refractivity contribution in [3.8, 4) is 29.4 Å². The fourth-order valence-corrected chi connectivity index (χ4v) is 3.47. The molecule has 0 aliphatic heterocycles. The van der Waals surface area contributed by atoms with Crippen LogP contribution >= 0.6 is 0 Å². The Kier molecular flexibility index (Phi) is 13.6. The van der Waals surface area contributed by atoms with Gasteiger partial charge in [-0.05, 0) is 61.4 Å². The van der Waals surface area contributed by atoms with Crippen molar-refractivity contribution in [2.24, 2.45) is 0 Å². The van der Waals surface area contributed by atoms with Crippen molar-refractivity contribution in [3.63, 3.8) is 0 Å². The number of hydrogen-bond acceptors (Lipinski definition) is 1. The second kappa shape index (κ2) is 17.0. The topological polar surface area (TPSA) is 9.23 Å². The molecule has 0 fully saturated rings. The van der Waals surface area contributed by atoms with Crippen LogP contribution in [0.25, 0.3) is 0 Å². The van der Waals surface area contributed by atoms with E-state index in [1.54, 1.807) is 0 Å². The normalized spacial score (nSPS) is 10.1. The lowest BCUT2D eigenvalue weighted by Gasteiger charge is -2.06. The standard InChI is InChI=1S/C31H40O/c1-3-5-7-9-11-12-14-16-28-17-19-29(20-18-28)21-22-30-23-25-31(26-24-30)32-27-15-13-10-8-6-4-2/h17-20,23-26H,3-13,15,27H2,1-2H3. The van der Waals surface area contributed by atoms with Gasteiger partial charge in [-0.15, -0.1) is 0 Å². The van der Waals surface area contributed by atoms with Crippen LogP contribution in [-0.4, -0.2) is 6.61 Å². The van der Waals surface area contributed by atoms with Gasteiger partial charge >= 0.3 is 0 Å². The minimum atomic E-state index is 0.797. The van der Waals surface area contributed by atoms with E-state index in [4.69, 9.17) is 4.74 Å². The van der Waals surface area contributed by atoms with Crippen LogP contribution in [0.2, 0.25) is 0 Å². The summed E-state index contributed by atoms with van der Waals surface area (Å²) in [5.41, 5.74) is 3.08. The van der Waals surface area contributed by atoms with Crippen molar-refractivity contribution in [2.75, 3.05) is 6.61 Å². The predicted octanol–water partition coefficient (Wildman–Crippen LogP) is 8.54. The summed E-state index contributed by atoms with van der Waals surface area (Å²) in [5, 5.41) is 0. The molecule has 32 heavy (non-hydrogen) atoms. The van der Waals surface area contributed by atoms with E-state index in [1.807, 2.05) is 24.3 Å². The van der Waals surface area contributed by atoms with Gasteiger partial charge in [-0.25, -0.2) is 0 Å². The molecular weight excluding hydrogens is 388 g/mol. The maximum atomic E-state index is 5.85. The molecule has 2 aromatic carbocycles. The second-order valence-corrected chi connectivity index (χ2v) is 8.43. The first-order chi connectivity index (χ1) is 15.8. The van der Waals surface area contributed by atoms with Crippen LogP contribution in [0.1, 0.15) is 108 Å². The molecule has 0 aromatic heterocycles. The van der Waals surface area contributed by atoms with E-state index < -0.39 is 0 Å². The second-order valence-electron chi connectivity index (χ2n) is 8.43. The number of rotatable bonds is 13. The Morgan fingerprint density at radius 2 is 1.00 bits per heavy atom. The molecule has 170 valence electrons. The molecule has 1 nitrogen and oxygen atoms in total. The molecule has 0 spiro atoms. The van der Waals surface area contributed by atoms with Crippen molar-refractivity contribution in [1.82, 2.24) is 0 Å². The summed E-state index contributed by atoms with van der Waals surface area (Å²) in [4.78, 5) is 0. The van der Waals surface area contributed by atoms with Gasteiger partial charge < -0.3 is 4.74 Å². The zero-order chi connectivity index (χ0) is 22.7. The molecule has 0 N–H and O–H groups in total. The Morgan fingerprint density at radius 3 is 1.59 bits per heavy atom. The molecule has 0 unspecified atom stereocenters. The van der Waals surface area contributed by atoms with E-state index in [1.165, 1.54) is 64.2 Å². The zero-order valence-corrected chi connectivity index (χ0v) is 20.2. The van der Waals surface area contributed by atoms with Crippen LogP contribution < -0.4 is 4.74 Å². The quantitative estimate of drug-likeness (QED) is 0.229. The Labute approximate surface area is 197 Å². The summed E-state index contributed by atoms with van der Waals surface area (Å²) < 4.78 is 5.85. The molecule has 2 aromatic rings. The van der Waals surface area contributed by atoms with Gasteiger partial charge in [-0.1, -0.05) is 95.3 Å². The van der Waals surface area contributed by atoms with Crippen LogP contribution in [0.3, 0.4) is 0 Å². The number of unbranched alkanes of at least 4 members (excludes halogenated alkanes) is 10. The third-order valence-corrected chi connectivity index (χ3v) is 5.50. The van der Waals surface area contributed by atoms with Crippen molar-refractivity contribution in [2.45, 2.75) is 90.9 Å². The number of benzene rings is 2. The molecule has 0 bridgehead atoms. The highest BCUT2D eigenvalue weighted by Gasteiger charge is 1.95.